The van der Waals surface area contributed by atoms with Crippen molar-refractivity contribution in [3.05, 3.63) is 92.8 Å². The zero-order valence-electron chi connectivity index (χ0n) is 26.4. The van der Waals surface area contributed by atoms with Crippen molar-refractivity contribution in [3.63, 3.8) is 0 Å². The van der Waals surface area contributed by atoms with Crippen molar-refractivity contribution in [1.82, 2.24) is 0 Å². The third-order valence-corrected chi connectivity index (χ3v) is 10.9. The van der Waals surface area contributed by atoms with Gasteiger partial charge < -0.3 is 14.6 Å². The first-order valence-corrected chi connectivity index (χ1v) is 15.8. The maximum Gasteiger partial charge on any atom is 0.269 e. The molecule has 2 saturated heterocycles. The van der Waals surface area contributed by atoms with Crippen LogP contribution in [0.15, 0.2) is 66.2 Å². The van der Waals surface area contributed by atoms with Gasteiger partial charge in [-0.15, -0.1) is 0 Å². The predicted octanol–water partition coefficient (Wildman–Crippen LogP) is 5.55. The molecule has 14 heteroatoms. The summed E-state index contributed by atoms with van der Waals surface area (Å²) in [5.74, 6) is -7.29. The summed E-state index contributed by atoms with van der Waals surface area (Å²) < 4.78 is 25.2. The van der Waals surface area contributed by atoms with Crippen LogP contribution in [0.1, 0.15) is 31.2 Å². The molecule has 0 spiro atoms. The summed E-state index contributed by atoms with van der Waals surface area (Å²) in [4.78, 5) is 69.7. The normalized spacial score (nSPS) is 27.4. The number of phenols is 1. The molecule has 3 aromatic carbocycles. The summed E-state index contributed by atoms with van der Waals surface area (Å²) in [5, 5.41) is 22.5. The number of nitrogens with zero attached hydrogens (tertiary/aromatic N) is 3. The summed E-state index contributed by atoms with van der Waals surface area (Å²) >= 11 is 6.06. The highest BCUT2D eigenvalue weighted by Gasteiger charge is 2.68. The lowest BCUT2D eigenvalue weighted by Gasteiger charge is -2.49. The van der Waals surface area contributed by atoms with Crippen molar-refractivity contribution in [2.24, 2.45) is 29.1 Å². The average Bonchev–Trinajstić information content (AvgIpc) is 3.45. The molecule has 0 bridgehead atoms. The zero-order chi connectivity index (χ0) is 35.1. The van der Waals surface area contributed by atoms with Gasteiger partial charge in [0.25, 0.3) is 5.69 Å². The van der Waals surface area contributed by atoms with E-state index in [9.17, 15) is 38.8 Å². The standard InChI is InChI=1S/C35H29ClFN3O9/c1-35-23(32(43)39(34(35)45)18-8-11-25(37)24(36)12-18)15-22-20(30(35)29-26(41)13-19(48-2)14-27(29)49-3)9-10-21-28(22)33(44)38(31(21)42)16-4-6-17(7-5-16)40(46)47/h4-9,11-14,21-23,28,30,41H,10,15H2,1-3H3. The molecule has 6 unspecified atom stereocenters. The summed E-state index contributed by atoms with van der Waals surface area (Å²) in [6, 6.07) is 11.5. The van der Waals surface area contributed by atoms with E-state index in [1.54, 1.807) is 19.1 Å². The van der Waals surface area contributed by atoms with E-state index in [4.69, 9.17) is 21.1 Å². The smallest absolute Gasteiger partial charge is 0.269 e. The Kier molecular flexibility index (Phi) is 7.51. The Morgan fingerprint density at radius 2 is 1.63 bits per heavy atom. The number of allylic oxidation sites excluding steroid dienone is 2. The summed E-state index contributed by atoms with van der Waals surface area (Å²) in [7, 11) is 2.80. The molecule has 3 aromatic rings. The monoisotopic (exact) mass is 689 g/mol. The van der Waals surface area contributed by atoms with Gasteiger partial charge in [-0.1, -0.05) is 23.3 Å². The van der Waals surface area contributed by atoms with Crippen LogP contribution < -0.4 is 19.3 Å². The lowest BCUT2D eigenvalue weighted by atomic mass is 9.51. The number of nitro benzene ring substituents is 1. The Labute approximate surface area is 283 Å². The van der Waals surface area contributed by atoms with Crippen LogP contribution in [0.3, 0.4) is 0 Å². The highest BCUT2D eigenvalue weighted by molar-refractivity contribution is 6.32. The largest absolute Gasteiger partial charge is 0.507 e. The van der Waals surface area contributed by atoms with Gasteiger partial charge in [0.1, 0.15) is 23.1 Å². The number of imide groups is 2. The fraction of sp³-hybridized carbons (Fsp3) is 0.314. The van der Waals surface area contributed by atoms with Gasteiger partial charge in [0.15, 0.2) is 0 Å². The zero-order valence-corrected chi connectivity index (χ0v) is 27.1. The summed E-state index contributed by atoms with van der Waals surface area (Å²) in [5.41, 5.74) is -0.707. The van der Waals surface area contributed by atoms with E-state index in [1.165, 1.54) is 56.7 Å². The second-order valence-electron chi connectivity index (χ2n) is 12.8. The number of phenolic OH excluding ortho intramolecular Hbond substituents is 1. The Balaban J connectivity index is 1.39. The van der Waals surface area contributed by atoms with Crippen LogP contribution in [0.4, 0.5) is 21.5 Å². The van der Waals surface area contributed by atoms with Crippen LogP contribution in [-0.4, -0.2) is 47.9 Å². The minimum atomic E-state index is -1.53. The number of nitro groups is 1. The molecule has 0 radical (unpaired) electrons. The number of hydrogen-bond acceptors (Lipinski definition) is 9. The third-order valence-electron chi connectivity index (χ3n) is 10.6. The first-order valence-electron chi connectivity index (χ1n) is 15.4. The van der Waals surface area contributed by atoms with Gasteiger partial charge in [0.05, 0.1) is 58.7 Å². The highest BCUT2D eigenvalue weighted by Crippen LogP contribution is 2.65. The van der Waals surface area contributed by atoms with Crippen molar-refractivity contribution in [3.8, 4) is 17.2 Å². The number of ether oxygens (including phenoxy) is 2. The number of benzene rings is 3. The van der Waals surface area contributed by atoms with Crippen molar-refractivity contribution in [2.75, 3.05) is 24.0 Å². The minimum Gasteiger partial charge on any atom is -0.507 e. The number of non-ortho nitro benzene ring substituents is 1. The molecule has 49 heavy (non-hydrogen) atoms. The van der Waals surface area contributed by atoms with E-state index >= 15 is 0 Å². The van der Waals surface area contributed by atoms with Crippen LogP contribution in [-0.2, 0) is 19.2 Å². The average molecular weight is 690 g/mol. The fourth-order valence-electron chi connectivity index (χ4n) is 8.34. The Morgan fingerprint density at radius 1 is 0.939 bits per heavy atom. The van der Waals surface area contributed by atoms with Crippen molar-refractivity contribution < 1.29 is 43.1 Å². The molecule has 4 aliphatic rings. The van der Waals surface area contributed by atoms with Gasteiger partial charge in [-0.05, 0) is 56.0 Å². The van der Waals surface area contributed by atoms with Crippen molar-refractivity contribution in [2.45, 2.75) is 25.7 Å². The second kappa shape index (κ2) is 11.4. The van der Waals surface area contributed by atoms with Gasteiger partial charge in [0.2, 0.25) is 23.6 Å². The first-order chi connectivity index (χ1) is 23.3. The number of halogens is 2. The maximum absolute atomic E-state index is 14.6. The number of amides is 4. The molecule has 12 nitrogen and oxygen atoms in total. The van der Waals surface area contributed by atoms with E-state index in [1.807, 2.05) is 0 Å². The number of carbonyl (C=O) groups is 4. The molecule has 4 amide bonds. The van der Waals surface area contributed by atoms with Gasteiger partial charge >= 0.3 is 0 Å². The molecule has 2 aliphatic carbocycles. The lowest BCUT2D eigenvalue weighted by Crippen LogP contribution is -2.49. The number of carbonyl (C=O) groups excluding carboxylic acids is 4. The number of fused-ring (bicyclic) bond motifs is 4. The summed E-state index contributed by atoms with van der Waals surface area (Å²) in [6.45, 7) is 1.63. The molecule has 3 fully saturated rings. The maximum atomic E-state index is 14.6. The van der Waals surface area contributed by atoms with Gasteiger partial charge in [-0.3, -0.25) is 34.2 Å². The predicted molar refractivity (Wildman–Crippen MR) is 173 cm³/mol. The number of anilines is 2. The third kappa shape index (κ3) is 4.55. The molecule has 1 saturated carbocycles. The van der Waals surface area contributed by atoms with E-state index in [0.29, 0.717) is 5.57 Å². The first kappa shape index (κ1) is 32.3. The van der Waals surface area contributed by atoms with E-state index in [-0.39, 0.29) is 57.7 Å². The number of aromatic hydroxyl groups is 1. The van der Waals surface area contributed by atoms with Gasteiger partial charge in [-0.2, -0.15) is 0 Å². The number of rotatable bonds is 6. The molecular formula is C35H29ClFN3O9. The number of hydrogen-bond donors (Lipinski definition) is 1. The number of methoxy groups -OCH3 is 2. The van der Waals surface area contributed by atoms with E-state index in [0.717, 1.165) is 15.9 Å². The summed E-state index contributed by atoms with van der Waals surface area (Å²) in [6.07, 6.45) is 1.95. The Bertz CT molecular complexity index is 2020. The molecular weight excluding hydrogens is 661 g/mol. The Morgan fingerprint density at radius 3 is 2.27 bits per heavy atom. The highest BCUT2D eigenvalue weighted by atomic mass is 35.5. The topological polar surface area (TPSA) is 157 Å². The second-order valence-corrected chi connectivity index (χ2v) is 13.2. The quantitative estimate of drug-likeness (QED) is 0.152. The molecule has 2 aliphatic heterocycles. The van der Waals surface area contributed by atoms with Crippen LogP contribution in [0.2, 0.25) is 5.02 Å². The molecule has 6 atom stereocenters. The molecule has 2 heterocycles. The molecule has 252 valence electrons. The van der Waals surface area contributed by atoms with Crippen LogP contribution in [0.5, 0.6) is 17.2 Å². The van der Waals surface area contributed by atoms with E-state index in [2.05, 4.69) is 0 Å². The lowest BCUT2D eigenvalue weighted by molar-refractivity contribution is -0.384. The van der Waals surface area contributed by atoms with Gasteiger partial charge in [0, 0.05) is 35.7 Å². The van der Waals surface area contributed by atoms with E-state index < -0.39 is 69.4 Å². The van der Waals surface area contributed by atoms with Crippen LogP contribution in [0.25, 0.3) is 0 Å². The fourth-order valence-corrected chi connectivity index (χ4v) is 8.51. The van der Waals surface area contributed by atoms with Crippen molar-refractivity contribution in [1.29, 1.82) is 0 Å². The molecule has 7 rings (SSSR count). The Hall–Kier alpha value is -5.30. The van der Waals surface area contributed by atoms with Crippen molar-refractivity contribution >= 4 is 52.3 Å². The molecule has 0 aromatic heterocycles. The van der Waals surface area contributed by atoms with Gasteiger partial charge in [-0.25, -0.2) is 9.29 Å². The SMILES string of the molecule is COc1cc(O)c(C2C3=CCC4C(=O)N(c5ccc([N+](=O)[O-])cc5)C(=O)C4C3CC3C(=O)N(c4ccc(F)c(Cl)c4)C(=O)C32C)c(OC)c1. The molecule has 1 N–H and O–H groups in total. The van der Waals surface area contributed by atoms with Crippen LogP contribution in [0, 0.1) is 45.0 Å². The minimum absolute atomic E-state index is 0.0162. The van der Waals surface area contributed by atoms with Crippen LogP contribution >= 0.6 is 11.6 Å².